The first-order valence-corrected chi connectivity index (χ1v) is 8.95. The SMILES string of the molecule is CCOC(=O)c1cnc2ccc(NC(=O)/C=C/c3ccc(Cl)cc3)cc2c1N. The Morgan fingerprint density at radius 3 is 2.68 bits per heavy atom. The smallest absolute Gasteiger partial charge is 0.341 e. The fourth-order valence-electron chi connectivity index (χ4n) is 2.59. The Labute approximate surface area is 167 Å². The number of carbonyl (C=O) groups excluding carboxylic acids is 2. The molecule has 0 spiro atoms. The van der Waals surface area contributed by atoms with Crippen molar-refractivity contribution in [3.05, 3.63) is 70.9 Å². The van der Waals surface area contributed by atoms with Crippen molar-refractivity contribution in [3.63, 3.8) is 0 Å². The number of amides is 1. The summed E-state index contributed by atoms with van der Waals surface area (Å²) in [4.78, 5) is 28.4. The molecule has 1 aromatic heterocycles. The highest BCUT2D eigenvalue weighted by molar-refractivity contribution is 6.30. The molecule has 3 aromatic rings. The van der Waals surface area contributed by atoms with Crippen LogP contribution in [-0.2, 0) is 9.53 Å². The summed E-state index contributed by atoms with van der Waals surface area (Å²) in [6.45, 7) is 1.96. The first-order valence-electron chi connectivity index (χ1n) is 8.58. The number of carbonyl (C=O) groups is 2. The molecule has 3 N–H and O–H groups in total. The monoisotopic (exact) mass is 395 g/mol. The Morgan fingerprint density at radius 2 is 1.96 bits per heavy atom. The Hall–Kier alpha value is -3.38. The molecule has 1 heterocycles. The minimum Gasteiger partial charge on any atom is -0.462 e. The number of nitrogen functional groups attached to an aromatic ring is 1. The van der Waals surface area contributed by atoms with E-state index in [1.807, 2.05) is 12.1 Å². The summed E-state index contributed by atoms with van der Waals surface area (Å²) in [6, 6.07) is 12.2. The van der Waals surface area contributed by atoms with Crippen LogP contribution < -0.4 is 11.1 Å². The normalized spacial score (nSPS) is 10.9. The Kier molecular flexibility index (Phi) is 5.91. The van der Waals surface area contributed by atoms with Gasteiger partial charge in [-0.3, -0.25) is 9.78 Å². The number of benzene rings is 2. The lowest BCUT2D eigenvalue weighted by Gasteiger charge is -2.09. The van der Waals surface area contributed by atoms with Crippen molar-refractivity contribution in [3.8, 4) is 0 Å². The first kappa shape index (κ1) is 19.4. The zero-order valence-corrected chi connectivity index (χ0v) is 15.9. The quantitative estimate of drug-likeness (QED) is 0.496. The minimum absolute atomic E-state index is 0.195. The van der Waals surface area contributed by atoms with E-state index in [-0.39, 0.29) is 23.8 Å². The number of fused-ring (bicyclic) bond motifs is 1. The minimum atomic E-state index is -0.533. The Balaban J connectivity index is 1.81. The van der Waals surface area contributed by atoms with Gasteiger partial charge in [0.1, 0.15) is 5.56 Å². The number of pyridine rings is 1. The summed E-state index contributed by atoms with van der Waals surface area (Å²) in [5, 5.41) is 3.96. The van der Waals surface area contributed by atoms with E-state index >= 15 is 0 Å². The maximum Gasteiger partial charge on any atom is 0.341 e. The molecule has 0 unspecified atom stereocenters. The summed E-state index contributed by atoms with van der Waals surface area (Å²) in [7, 11) is 0. The second-order valence-electron chi connectivity index (χ2n) is 5.91. The van der Waals surface area contributed by atoms with E-state index in [0.29, 0.717) is 21.6 Å². The molecule has 6 nitrogen and oxygen atoms in total. The second-order valence-corrected chi connectivity index (χ2v) is 6.35. The standard InChI is InChI=1S/C21H18ClN3O3/c1-2-28-21(27)17-12-24-18-9-8-15(11-16(18)20(17)23)25-19(26)10-5-13-3-6-14(22)7-4-13/h3-12H,2H2,1H3,(H2,23,24)(H,25,26)/b10-5+. The van der Waals surface area contributed by atoms with Gasteiger partial charge in [0.15, 0.2) is 0 Å². The lowest BCUT2D eigenvalue weighted by atomic mass is 10.1. The van der Waals surface area contributed by atoms with Crippen LogP contribution in [0.4, 0.5) is 11.4 Å². The Morgan fingerprint density at radius 1 is 1.21 bits per heavy atom. The molecule has 0 saturated heterocycles. The number of rotatable bonds is 5. The van der Waals surface area contributed by atoms with Crippen molar-refractivity contribution in [2.24, 2.45) is 0 Å². The van der Waals surface area contributed by atoms with Crippen LogP contribution >= 0.6 is 11.6 Å². The molecule has 2 aromatic carbocycles. The van der Waals surface area contributed by atoms with Crippen molar-refractivity contribution < 1.29 is 14.3 Å². The van der Waals surface area contributed by atoms with Gasteiger partial charge < -0.3 is 15.8 Å². The predicted octanol–water partition coefficient (Wildman–Crippen LogP) is 4.30. The number of halogens is 1. The maximum atomic E-state index is 12.2. The Bertz CT molecular complexity index is 1060. The van der Waals surface area contributed by atoms with Crippen LogP contribution in [0, 0.1) is 0 Å². The van der Waals surface area contributed by atoms with Gasteiger partial charge in [0.2, 0.25) is 5.91 Å². The third kappa shape index (κ3) is 4.47. The number of nitrogens with two attached hydrogens (primary N) is 1. The number of esters is 1. The van der Waals surface area contributed by atoms with Gasteiger partial charge in [-0.05, 0) is 48.9 Å². The summed E-state index contributed by atoms with van der Waals surface area (Å²) >= 11 is 5.84. The number of nitrogens with zero attached hydrogens (tertiary/aromatic N) is 1. The number of nitrogens with one attached hydrogen (secondary N) is 1. The fraction of sp³-hybridized carbons (Fsp3) is 0.0952. The molecule has 0 bridgehead atoms. The summed E-state index contributed by atoms with van der Waals surface area (Å²) in [5.41, 5.74) is 8.57. The van der Waals surface area contributed by atoms with Gasteiger partial charge >= 0.3 is 5.97 Å². The van der Waals surface area contributed by atoms with Crippen LogP contribution in [0.25, 0.3) is 17.0 Å². The molecule has 0 saturated carbocycles. The highest BCUT2D eigenvalue weighted by Gasteiger charge is 2.14. The third-order valence-electron chi connectivity index (χ3n) is 3.97. The number of hydrogen-bond donors (Lipinski definition) is 2. The number of ether oxygens (including phenoxy) is 1. The zero-order valence-electron chi connectivity index (χ0n) is 15.1. The molecule has 0 atom stereocenters. The molecule has 28 heavy (non-hydrogen) atoms. The van der Waals surface area contributed by atoms with Gasteiger partial charge in [-0.1, -0.05) is 23.7 Å². The summed E-state index contributed by atoms with van der Waals surface area (Å²) in [6.07, 6.45) is 4.49. The van der Waals surface area contributed by atoms with Crippen LogP contribution in [0.3, 0.4) is 0 Å². The highest BCUT2D eigenvalue weighted by atomic mass is 35.5. The lowest BCUT2D eigenvalue weighted by Crippen LogP contribution is -2.10. The van der Waals surface area contributed by atoms with Crippen molar-refractivity contribution in [1.29, 1.82) is 0 Å². The van der Waals surface area contributed by atoms with Crippen LogP contribution in [0.1, 0.15) is 22.8 Å². The largest absolute Gasteiger partial charge is 0.462 e. The van der Waals surface area contributed by atoms with Gasteiger partial charge in [0.25, 0.3) is 0 Å². The molecule has 142 valence electrons. The first-order chi connectivity index (χ1) is 13.5. The molecule has 0 aliphatic heterocycles. The molecular formula is C21H18ClN3O3. The maximum absolute atomic E-state index is 12.2. The van der Waals surface area contributed by atoms with E-state index in [1.165, 1.54) is 12.3 Å². The molecule has 3 rings (SSSR count). The average Bonchev–Trinajstić information content (AvgIpc) is 2.68. The predicted molar refractivity (Wildman–Crippen MR) is 111 cm³/mol. The molecule has 0 aliphatic rings. The van der Waals surface area contributed by atoms with E-state index < -0.39 is 5.97 Å². The number of aromatic nitrogens is 1. The highest BCUT2D eigenvalue weighted by Crippen LogP contribution is 2.26. The van der Waals surface area contributed by atoms with Crippen molar-refractivity contribution in [2.75, 3.05) is 17.7 Å². The molecule has 1 amide bonds. The van der Waals surface area contributed by atoms with Crippen molar-refractivity contribution in [1.82, 2.24) is 4.98 Å². The van der Waals surface area contributed by atoms with E-state index in [9.17, 15) is 9.59 Å². The summed E-state index contributed by atoms with van der Waals surface area (Å²) in [5.74, 6) is -0.836. The molecule has 0 radical (unpaired) electrons. The lowest BCUT2D eigenvalue weighted by molar-refractivity contribution is -0.111. The second kappa shape index (κ2) is 8.54. The molecular weight excluding hydrogens is 378 g/mol. The van der Waals surface area contributed by atoms with E-state index in [1.54, 1.807) is 43.3 Å². The number of anilines is 2. The van der Waals surface area contributed by atoms with E-state index in [0.717, 1.165) is 5.56 Å². The molecule has 0 fully saturated rings. The van der Waals surface area contributed by atoms with E-state index in [4.69, 9.17) is 22.1 Å². The van der Waals surface area contributed by atoms with Crippen LogP contribution in [-0.4, -0.2) is 23.5 Å². The van der Waals surface area contributed by atoms with Crippen LogP contribution in [0.2, 0.25) is 5.02 Å². The molecule has 0 aliphatic carbocycles. The van der Waals surface area contributed by atoms with Crippen molar-refractivity contribution in [2.45, 2.75) is 6.92 Å². The number of hydrogen-bond acceptors (Lipinski definition) is 5. The zero-order chi connectivity index (χ0) is 20.1. The fourth-order valence-corrected chi connectivity index (χ4v) is 2.72. The third-order valence-corrected chi connectivity index (χ3v) is 4.22. The van der Waals surface area contributed by atoms with Crippen LogP contribution in [0.5, 0.6) is 0 Å². The van der Waals surface area contributed by atoms with Gasteiger partial charge in [-0.25, -0.2) is 4.79 Å². The van der Waals surface area contributed by atoms with Gasteiger partial charge in [-0.15, -0.1) is 0 Å². The van der Waals surface area contributed by atoms with Gasteiger partial charge in [0, 0.05) is 28.4 Å². The van der Waals surface area contributed by atoms with Gasteiger partial charge in [-0.2, -0.15) is 0 Å². The molecule has 7 heteroatoms. The topological polar surface area (TPSA) is 94.3 Å². The van der Waals surface area contributed by atoms with E-state index in [2.05, 4.69) is 10.3 Å². The van der Waals surface area contributed by atoms with Gasteiger partial charge in [0.05, 0.1) is 17.8 Å². The average molecular weight is 396 g/mol. The van der Waals surface area contributed by atoms with Crippen LogP contribution in [0.15, 0.2) is 54.7 Å². The van der Waals surface area contributed by atoms with Crippen molar-refractivity contribution >= 4 is 51.8 Å². The summed E-state index contributed by atoms with van der Waals surface area (Å²) < 4.78 is 4.99.